The number of primary amides is 1. The Labute approximate surface area is 124 Å². The lowest BCUT2D eigenvalue weighted by atomic mass is 9.95. The van der Waals surface area contributed by atoms with Crippen LogP contribution in [-0.4, -0.2) is 36.3 Å². The van der Waals surface area contributed by atoms with Gasteiger partial charge in [0.2, 0.25) is 5.91 Å². The molecule has 0 aliphatic carbocycles. The Morgan fingerprint density at radius 1 is 1.24 bits per heavy atom. The molecule has 5 nitrogen and oxygen atoms in total. The zero-order valence-corrected chi connectivity index (χ0v) is 12.1. The van der Waals surface area contributed by atoms with E-state index in [1.165, 1.54) is 5.56 Å². The highest BCUT2D eigenvalue weighted by Gasteiger charge is 2.26. The molecule has 0 bridgehead atoms. The lowest BCUT2D eigenvalue weighted by Crippen LogP contribution is -2.41. The van der Waals surface area contributed by atoms with Gasteiger partial charge in [-0.05, 0) is 49.4 Å². The number of nitrogens with zero attached hydrogens (tertiary/aromatic N) is 1. The molecule has 0 spiro atoms. The molecule has 5 heteroatoms. The van der Waals surface area contributed by atoms with Gasteiger partial charge in [0.1, 0.15) is 0 Å². The molecule has 21 heavy (non-hydrogen) atoms. The summed E-state index contributed by atoms with van der Waals surface area (Å²) < 4.78 is 0. The fourth-order valence-corrected chi connectivity index (χ4v) is 3.16. The first-order valence-electron chi connectivity index (χ1n) is 7.60. The molecule has 1 saturated heterocycles. The van der Waals surface area contributed by atoms with Crippen LogP contribution in [0, 0.1) is 5.92 Å². The number of anilines is 1. The summed E-state index contributed by atoms with van der Waals surface area (Å²) in [6, 6.07) is 5.89. The Kier molecular flexibility index (Phi) is 3.82. The molecule has 0 unspecified atom stereocenters. The summed E-state index contributed by atoms with van der Waals surface area (Å²) in [6.45, 7) is 2.23. The average molecular weight is 287 g/mol. The molecule has 3 rings (SSSR count). The summed E-state index contributed by atoms with van der Waals surface area (Å²) in [5.74, 6) is -0.268. The van der Waals surface area contributed by atoms with Crippen LogP contribution in [0.4, 0.5) is 5.69 Å². The second-order valence-corrected chi connectivity index (χ2v) is 5.87. The predicted molar refractivity (Wildman–Crippen MR) is 81.1 cm³/mol. The molecule has 2 aliphatic heterocycles. The number of nitrogens with one attached hydrogen (secondary N) is 1. The van der Waals surface area contributed by atoms with Gasteiger partial charge in [-0.2, -0.15) is 0 Å². The number of nitrogens with two attached hydrogens (primary N) is 1. The number of hydrogen-bond donors (Lipinski definition) is 2. The second kappa shape index (κ2) is 5.76. The summed E-state index contributed by atoms with van der Waals surface area (Å²) >= 11 is 0. The first-order valence-corrected chi connectivity index (χ1v) is 7.60. The van der Waals surface area contributed by atoms with E-state index < -0.39 is 0 Å². The fraction of sp³-hybridized carbons (Fsp3) is 0.500. The van der Waals surface area contributed by atoms with E-state index in [-0.39, 0.29) is 17.7 Å². The molecule has 2 heterocycles. The maximum atomic E-state index is 12.6. The van der Waals surface area contributed by atoms with E-state index in [9.17, 15) is 9.59 Å². The smallest absolute Gasteiger partial charge is 0.253 e. The molecule has 1 fully saturated rings. The molecular weight excluding hydrogens is 266 g/mol. The second-order valence-electron chi connectivity index (χ2n) is 5.87. The number of fused-ring (bicyclic) bond motifs is 1. The normalized spacial score (nSPS) is 18.8. The molecule has 3 N–H and O–H groups in total. The van der Waals surface area contributed by atoms with E-state index in [2.05, 4.69) is 5.32 Å². The summed E-state index contributed by atoms with van der Waals surface area (Å²) in [4.78, 5) is 25.6. The van der Waals surface area contributed by atoms with E-state index in [1.54, 1.807) is 0 Å². The molecule has 1 aromatic carbocycles. The number of likely N-dealkylation sites (tertiary alicyclic amines) is 1. The van der Waals surface area contributed by atoms with Crippen LogP contribution in [0.2, 0.25) is 0 Å². The van der Waals surface area contributed by atoms with E-state index in [0.717, 1.165) is 30.6 Å². The first kappa shape index (κ1) is 13.9. The highest BCUT2D eigenvalue weighted by Crippen LogP contribution is 2.25. The van der Waals surface area contributed by atoms with Crippen molar-refractivity contribution in [1.29, 1.82) is 0 Å². The van der Waals surface area contributed by atoms with Gasteiger partial charge < -0.3 is 16.0 Å². The highest BCUT2D eigenvalue weighted by atomic mass is 16.2. The van der Waals surface area contributed by atoms with Crippen LogP contribution in [0.1, 0.15) is 35.2 Å². The number of amides is 2. The van der Waals surface area contributed by atoms with Crippen molar-refractivity contribution in [2.75, 3.05) is 25.0 Å². The third-order valence-corrected chi connectivity index (χ3v) is 4.48. The topological polar surface area (TPSA) is 75.4 Å². The molecule has 2 amide bonds. The van der Waals surface area contributed by atoms with Crippen molar-refractivity contribution in [2.45, 2.75) is 25.7 Å². The number of carbonyl (C=O) groups excluding carboxylic acids is 2. The van der Waals surface area contributed by atoms with Crippen molar-refractivity contribution in [3.05, 3.63) is 29.3 Å². The largest absolute Gasteiger partial charge is 0.385 e. The minimum absolute atomic E-state index is 0.0614. The van der Waals surface area contributed by atoms with Gasteiger partial charge in [-0.3, -0.25) is 9.59 Å². The van der Waals surface area contributed by atoms with Crippen LogP contribution in [-0.2, 0) is 11.2 Å². The van der Waals surface area contributed by atoms with Crippen molar-refractivity contribution in [1.82, 2.24) is 4.90 Å². The van der Waals surface area contributed by atoms with Gasteiger partial charge in [-0.1, -0.05) is 0 Å². The Morgan fingerprint density at radius 3 is 2.71 bits per heavy atom. The molecule has 0 aromatic heterocycles. The first-order chi connectivity index (χ1) is 10.1. The summed E-state index contributed by atoms with van der Waals surface area (Å²) in [5.41, 5.74) is 8.44. The number of carbonyl (C=O) groups is 2. The van der Waals surface area contributed by atoms with Crippen LogP contribution >= 0.6 is 0 Å². The Hall–Kier alpha value is -2.04. The van der Waals surface area contributed by atoms with E-state index in [4.69, 9.17) is 5.73 Å². The summed E-state index contributed by atoms with van der Waals surface area (Å²) in [7, 11) is 0. The predicted octanol–water partition coefficient (Wildman–Crippen LogP) is 1.38. The van der Waals surface area contributed by atoms with E-state index >= 15 is 0 Å². The monoisotopic (exact) mass is 287 g/mol. The number of hydrogen-bond acceptors (Lipinski definition) is 3. The number of benzene rings is 1. The molecule has 0 atom stereocenters. The molecule has 1 aromatic rings. The van der Waals surface area contributed by atoms with Crippen molar-refractivity contribution >= 4 is 17.5 Å². The maximum Gasteiger partial charge on any atom is 0.253 e. The van der Waals surface area contributed by atoms with Gasteiger partial charge >= 0.3 is 0 Å². The van der Waals surface area contributed by atoms with Gasteiger partial charge in [0, 0.05) is 36.8 Å². The lowest BCUT2D eigenvalue weighted by Gasteiger charge is -2.31. The number of piperidine rings is 1. The minimum atomic E-state index is -0.248. The zero-order valence-electron chi connectivity index (χ0n) is 12.1. The quantitative estimate of drug-likeness (QED) is 0.863. The average Bonchev–Trinajstić information content (AvgIpc) is 2.54. The van der Waals surface area contributed by atoms with Crippen LogP contribution in [0.3, 0.4) is 0 Å². The van der Waals surface area contributed by atoms with E-state index in [0.29, 0.717) is 25.9 Å². The minimum Gasteiger partial charge on any atom is -0.385 e. The Morgan fingerprint density at radius 2 is 2.00 bits per heavy atom. The summed E-state index contributed by atoms with van der Waals surface area (Å²) in [5, 5.41) is 3.35. The number of aryl methyl sites for hydroxylation is 1. The van der Waals surface area contributed by atoms with Gasteiger partial charge in [-0.15, -0.1) is 0 Å². The molecule has 112 valence electrons. The summed E-state index contributed by atoms with van der Waals surface area (Å²) in [6.07, 6.45) is 3.48. The van der Waals surface area contributed by atoms with Crippen molar-refractivity contribution in [3.8, 4) is 0 Å². The van der Waals surface area contributed by atoms with Crippen LogP contribution in [0.5, 0.6) is 0 Å². The third-order valence-electron chi connectivity index (χ3n) is 4.48. The lowest BCUT2D eigenvalue weighted by molar-refractivity contribution is -0.123. The highest BCUT2D eigenvalue weighted by molar-refractivity contribution is 5.95. The van der Waals surface area contributed by atoms with Gasteiger partial charge in [0.05, 0.1) is 0 Å². The Bertz CT molecular complexity index is 563. The zero-order chi connectivity index (χ0) is 14.8. The van der Waals surface area contributed by atoms with Crippen molar-refractivity contribution < 1.29 is 9.59 Å². The molecule has 0 radical (unpaired) electrons. The van der Waals surface area contributed by atoms with Crippen LogP contribution in [0.15, 0.2) is 18.2 Å². The van der Waals surface area contributed by atoms with Gasteiger partial charge in [0.25, 0.3) is 5.91 Å². The van der Waals surface area contributed by atoms with Crippen molar-refractivity contribution in [3.63, 3.8) is 0 Å². The van der Waals surface area contributed by atoms with Crippen molar-refractivity contribution in [2.24, 2.45) is 11.7 Å². The van der Waals surface area contributed by atoms with E-state index in [1.807, 2.05) is 23.1 Å². The van der Waals surface area contributed by atoms with Crippen LogP contribution < -0.4 is 11.1 Å². The van der Waals surface area contributed by atoms with Crippen LogP contribution in [0.25, 0.3) is 0 Å². The third kappa shape index (κ3) is 2.86. The maximum absolute atomic E-state index is 12.6. The molecular formula is C16H21N3O2. The molecule has 0 saturated carbocycles. The van der Waals surface area contributed by atoms with Gasteiger partial charge in [0.15, 0.2) is 0 Å². The standard InChI is InChI=1S/C16H21N3O2/c17-15(20)11-5-8-19(9-6-11)16(21)13-3-4-14-12(10-13)2-1-7-18-14/h3-4,10-11,18H,1-2,5-9H2,(H2,17,20). The Balaban J connectivity index is 1.70. The SMILES string of the molecule is NC(=O)C1CCN(C(=O)c2ccc3c(c2)CCCN3)CC1. The fourth-order valence-electron chi connectivity index (χ4n) is 3.16. The number of rotatable bonds is 2. The van der Waals surface area contributed by atoms with Gasteiger partial charge in [-0.25, -0.2) is 0 Å². The molecule has 2 aliphatic rings.